The molecular formula is C27H19ClN4O3S. The number of nitrogens with one attached hydrogen (secondary N) is 2. The lowest BCUT2D eigenvalue weighted by molar-refractivity contribution is -0.122. The fraction of sp³-hybridized carbons (Fsp3) is 0.0370. The molecule has 0 bridgehead atoms. The van der Waals surface area contributed by atoms with Crippen molar-refractivity contribution >= 4 is 75.0 Å². The summed E-state index contributed by atoms with van der Waals surface area (Å²) in [6.07, 6.45) is 3.28. The van der Waals surface area contributed by atoms with E-state index in [0.717, 1.165) is 10.9 Å². The molecule has 4 aromatic rings. The number of amides is 3. The molecule has 1 fully saturated rings. The van der Waals surface area contributed by atoms with Crippen LogP contribution in [0.2, 0.25) is 5.02 Å². The summed E-state index contributed by atoms with van der Waals surface area (Å²) in [6, 6.07) is 23.2. The summed E-state index contributed by atoms with van der Waals surface area (Å²) in [5.74, 6) is -1.34. The summed E-state index contributed by atoms with van der Waals surface area (Å²) < 4.78 is 1.78. The molecule has 5 rings (SSSR count). The molecule has 7 nitrogen and oxygen atoms in total. The molecule has 0 aliphatic carbocycles. The van der Waals surface area contributed by atoms with Crippen LogP contribution in [0.1, 0.15) is 5.56 Å². The van der Waals surface area contributed by atoms with E-state index in [4.69, 9.17) is 23.8 Å². The van der Waals surface area contributed by atoms with Crippen LogP contribution in [0.25, 0.3) is 17.0 Å². The number of aromatic nitrogens is 1. The second-order valence-corrected chi connectivity index (χ2v) is 8.90. The summed E-state index contributed by atoms with van der Waals surface area (Å²) in [5, 5.41) is 6.75. The van der Waals surface area contributed by atoms with Gasteiger partial charge in [0.25, 0.3) is 11.8 Å². The Kier molecular flexibility index (Phi) is 6.37. The average Bonchev–Trinajstić information content (AvgIpc) is 3.20. The first kappa shape index (κ1) is 23.5. The van der Waals surface area contributed by atoms with E-state index >= 15 is 0 Å². The van der Waals surface area contributed by atoms with Gasteiger partial charge in [-0.2, -0.15) is 0 Å². The third-order valence-electron chi connectivity index (χ3n) is 5.68. The maximum atomic E-state index is 13.4. The van der Waals surface area contributed by atoms with Gasteiger partial charge in [0.05, 0.1) is 5.69 Å². The molecule has 0 saturated carbocycles. The Balaban J connectivity index is 1.49. The number of halogens is 1. The van der Waals surface area contributed by atoms with Crippen LogP contribution in [0.15, 0.2) is 90.6 Å². The van der Waals surface area contributed by atoms with Crippen LogP contribution in [0, 0.1) is 0 Å². The summed E-state index contributed by atoms with van der Waals surface area (Å²) in [5.41, 5.74) is 2.53. The fourth-order valence-electron chi connectivity index (χ4n) is 4.04. The van der Waals surface area contributed by atoms with Crippen LogP contribution in [0.5, 0.6) is 0 Å². The van der Waals surface area contributed by atoms with Crippen molar-refractivity contribution in [3.8, 4) is 0 Å². The molecule has 1 aliphatic heterocycles. The Bertz CT molecular complexity index is 1540. The molecule has 3 aromatic carbocycles. The van der Waals surface area contributed by atoms with Gasteiger partial charge in [0.15, 0.2) is 5.11 Å². The maximum absolute atomic E-state index is 13.4. The number of carbonyl (C=O) groups is 3. The number of anilines is 2. The highest BCUT2D eigenvalue weighted by Gasteiger charge is 2.34. The summed E-state index contributed by atoms with van der Waals surface area (Å²) >= 11 is 11.2. The maximum Gasteiger partial charge on any atom is 0.270 e. The zero-order valence-corrected chi connectivity index (χ0v) is 20.3. The molecule has 2 N–H and O–H groups in total. The zero-order chi connectivity index (χ0) is 25.2. The van der Waals surface area contributed by atoms with E-state index in [1.54, 1.807) is 35.0 Å². The lowest BCUT2D eigenvalue weighted by Crippen LogP contribution is -2.54. The quantitative estimate of drug-likeness (QED) is 0.228. The second kappa shape index (κ2) is 9.77. The van der Waals surface area contributed by atoms with E-state index in [9.17, 15) is 14.4 Å². The topological polar surface area (TPSA) is 83.4 Å². The third kappa shape index (κ3) is 4.64. The summed E-state index contributed by atoms with van der Waals surface area (Å²) in [4.78, 5) is 40.1. The smallest absolute Gasteiger partial charge is 0.270 e. The standard InChI is InChI=1S/C27H19ClN4O3S/c28-18-10-12-20(13-11-18)32-26(35)22(25(34)30-27(32)36)14-17-15-31(23-9-5-4-8-21(17)23)16-24(33)29-19-6-2-1-3-7-19/h1-15H,16H2,(H,29,33)(H,30,34,36)/b22-14-. The van der Waals surface area contributed by atoms with Crippen LogP contribution >= 0.6 is 23.8 Å². The fourth-order valence-corrected chi connectivity index (χ4v) is 4.44. The molecule has 0 atom stereocenters. The van der Waals surface area contributed by atoms with Gasteiger partial charge in [0, 0.05) is 33.4 Å². The Hall–Kier alpha value is -4.27. The molecule has 9 heteroatoms. The largest absolute Gasteiger partial charge is 0.337 e. The Morgan fingerprint density at radius 3 is 2.42 bits per heavy atom. The van der Waals surface area contributed by atoms with Crippen molar-refractivity contribution in [2.45, 2.75) is 6.54 Å². The molecule has 2 heterocycles. The van der Waals surface area contributed by atoms with Crippen molar-refractivity contribution < 1.29 is 14.4 Å². The van der Waals surface area contributed by atoms with Crippen LogP contribution < -0.4 is 15.5 Å². The lowest BCUT2D eigenvalue weighted by Gasteiger charge is -2.28. The molecule has 0 spiro atoms. The molecule has 1 aliphatic rings. The highest BCUT2D eigenvalue weighted by atomic mass is 35.5. The number of fused-ring (bicyclic) bond motifs is 1. The number of hydrogen-bond acceptors (Lipinski definition) is 4. The number of rotatable bonds is 5. The van der Waals surface area contributed by atoms with E-state index in [-0.39, 0.29) is 23.1 Å². The van der Waals surface area contributed by atoms with Gasteiger partial charge in [0.1, 0.15) is 12.1 Å². The van der Waals surface area contributed by atoms with Crippen LogP contribution in [0.3, 0.4) is 0 Å². The van der Waals surface area contributed by atoms with Crippen molar-refractivity contribution in [3.63, 3.8) is 0 Å². The molecule has 36 heavy (non-hydrogen) atoms. The van der Waals surface area contributed by atoms with Crippen molar-refractivity contribution in [3.05, 3.63) is 101 Å². The van der Waals surface area contributed by atoms with Gasteiger partial charge in [0.2, 0.25) is 5.91 Å². The van der Waals surface area contributed by atoms with Gasteiger partial charge in [-0.3, -0.25) is 24.6 Å². The van der Waals surface area contributed by atoms with E-state index in [1.165, 1.54) is 11.0 Å². The van der Waals surface area contributed by atoms with Crippen LogP contribution in [-0.2, 0) is 20.9 Å². The SMILES string of the molecule is O=C(Cn1cc(/C=C2/C(=O)NC(=S)N(c3ccc(Cl)cc3)C2=O)c2ccccc21)Nc1ccccc1. The van der Waals surface area contributed by atoms with Crippen molar-refractivity contribution in [1.82, 2.24) is 9.88 Å². The Labute approximate surface area is 217 Å². The number of para-hydroxylation sites is 2. The molecule has 178 valence electrons. The number of nitrogens with zero attached hydrogens (tertiary/aromatic N) is 2. The molecular weight excluding hydrogens is 496 g/mol. The lowest BCUT2D eigenvalue weighted by atomic mass is 10.1. The van der Waals surface area contributed by atoms with Gasteiger partial charge in [-0.05, 0) is 60.8 Å². The van der Waals surface area contributed by atoms with Crippen molar-refractivity contribution in [1.29, 1.82) is 0 Å². The summed E-state index contributed by atoms with van der Waals surface area (Å²) in [6.45, 7) is 0.0553. The Morgan fingerprint density at radius 2 is 1.67 bits per heavy atom. The van der Waals surface area contributed by atoms with Gasteiger partial charge < -0.3 is 9.88 Å². The van der Waals surface area contributed by atoms with Gasteiger partial charge >= 0.3 is 0 Å². The number of benzene rings is 3. The van der Waals surface area contributed by atoms with Crippen LogP contribution in [-0.4, -0.2) is 27.4 Å². The van der Waals surface area contributed by atoms with E-state index in [1.807, 2.05) is 54.6 Å². The van der Waals surface area contributed by atoms with E-state index in [0.29, 0.717) is 22.0 Å². The predicted molar refractivity (Wildman–Crippen MR) is 145 cm³/mol. The molecule has 3 amide bonds. The average molecular weight is 515 g/mol. The van der Waals surface area contributed by atoms with Crippen molar-refractivity contribution in [2.75, 3.05) is 10.2 Å². The minimum atomic E-state index is -0.589. The van der Waals surface area contributed by atoms with Crippen LogP contribution in [0.4, 0.5) is 11.4 Å². The van der Waals surface area contributed by atoms with Gasteiger partial charge in [-0.1, -0.05) is 48.0 Å². The van der Waals surface area contributed by atoms with E-state index in [2.05, 4.69) is 10.6 Å². The molecule has 1 saturated heterocycles. The summed E-state index contributed by atoms with van der Waals surface area (Å²) in [7, 11) is 0. The minimum Gasteiger partial charge on any atom is -0.337 e. The third-order valence-corrected chi connectivity index (χ3v) is 6.21. The van der Waals surface area contributed by atoms with Crippen molar-refractivity contribution in [2.24, 2.45) is 0 Å². The highest BCUT2D eigenvalue weighted by molar-refractivity contribution is 7.80. The first-order valence-electron chi connectivity index (χ1n) is 11.0. The predicted octanol–water partition coefficient (Wildman–Crippen LogP) is 4.76. The minimum absolute atomic E-state index is 0.00974. The molecule has 0 unspecified atom stereocenters. The first-order chi connectivity index (χ1) is 17.4. The van der Waals surface area contributed by atoms with Gasteiger partial charge in [-0.15, -0.1) is 0 Å². The highest BCUT2D eigenvalue weighted by Crippen LogP contribution is 2.27. The van der Waals surface area contributed by atoms with Gasteiger partial charge in [-0.25, -0.2) is 0 Å². The number of thiocarbonyl (C=S) groups is 1. The van der Waals surface area contributed by atoms with E-state index < -0.39 is 11.8 Å². The zero-order valence-electron chi connectivity index (χ0n) is 18.8. The Morgan fingerprint density at radius 1 is 0.972 bits per heavy atom. The molecule has 0 radical (unpaired) electrons. The second-order valence-electron chi connectivity index (χ2n) is 8.08. The first-order valence-corrected chi connectivity index (χ1v) is 11.8. The number of hydrogen-bond donors (Lipinski definition) is 2. The molecule has 1 aromatic heterocycles. The normalized spacial score (nSPS) is 14.9. The monoisotopic (exact) mass is 514 g/mol. The number of carbonyl (C=O) groups excluding carboxylic acids is 3.